The van der Waals surface area contributed by atoms with Crippen LogP contribution in [0.4, 0.5) is 10.6 Å². The van der Waals surface area contributed by atoms with E-state index in [1.54, 1.807) is 6.07 Å². The van der Waals surface area contributed by atoms with Crippen molar-refractivity contribution in [3.63, 3.8) is 0 Å². The molecule has 0 aromatic carbocycles. The second kappa shape index (κ2) is 9.63. The van der Waals surface area contributed by atoms with Crippen LogP contribution in [-0.4, -0.2) is 67.9 Å². The number of urea groups is 1. The van der Waals surface area contributed by atoms with Crippen LogP contribution in [0.1, 0.15) is 12.8 Å². The highest BCUT2D eigenvalue weighted by molar-refractivity contribution is 7.91. The number of hydrogen-bond donors (Lipinski definition) is 3. The number of sulfone groups is 1. The minimum atomic E-state index is -3.47. The van der Waals surface area contributed by atoms with Gasteiger partial charge in [-0.15, -0.1) is 0 Å². The normalized spacial score (nSPS) is 18.3. The third kappa shape index (κ3) is 6.73. The van der Waals surface area contributed by atoms with Crippen LogP contribution in [0, 0.1) is 0 Å². The Morgan fingerprint density at radius 3 is 2.84 bits per heavy atom. The number of carbonyl (C=O) groups excluding carboxylic acids is 1. The number of nitrogens with zero attached hydrogens (tertiary/aromatic N) is 3. The molecule has 0 spiro atoms. The number of nitrogens with one attached hydrogen (secondary N) is 3. The lowest BCUT2D eigenvalue weighted by molar-refractivity contribution is 0.0899. The average molecular weight is 469 g/mol. The Labute approximate surface area is 184 Å². The molecule has 12 heteroatoms. The first-order chi connectivity index (χ1) is 14.5. The van der Waals surface area contributed by atoms with Crippen molar-refractivity contribution in [1.82, 2.24) is 25.2 Å². The molecule has 0 radical (unpaired) electrons. The van der Waals surface area contributed by atoms with Gasteiger partial charge in [-0.1, -0.05) is 19.6 Å². The number of fused-ring (bicyclic) bond motifs is 1. The molecule has 2 aromatic rings. The van der Waals surface area contributed by atoms with Crippen molar-refractivity contribution in [2.45, 2.75) is 56.7 Å². The lowest BCUT2D eigenvalue weighted by atomic mass is 10.2. The standard InChI is InChI=1S/C19H32N6O4SSi/c1-30(27,28)18(15-6-5-8-20-15)24-19(26)23-16-12-21-17-14(22-16)7-9-25(17)13-29-10-11-31(2,3)4/h7,9,12,15,18,20H,5-6,8,10-11,13H2,1-4H3,(H2,22,23,24,26). The SMILES string of the molecule is C[Si](C)(C)CCOCn1ccc2nc(NC(=O)NC(C3CCCN3)S(C)(=O)=O)cnc21. The second-order valence-electron chi connectivity index (χ2n) is 9.15. The molecule has 3 N–H and O–H groups in total. The van der Waals surface area contributed by atoms with Crippen LogP contribution in [-0.2, 0) is 21.3 Å². The van der Waals surface area contributed by atoms with Crippen molar-refractivity contribution >= 4 is 40.9 Å². The minimum Gasteiger partial charge on any atom is -0.361 e. The van der Waals surface area contributed by atoms with Crippen molar-refractivity contribution in [2.75, 3.05) is 24.7 Å². The van der Waals surface area contributed by atoms with Gasteiger partial charge >= 0.3 is 6.03 Å². The van der Waals surface area contributed by atoms with Crippen LogP contribution in [0.2, 0.25) is 25.7 Å². The maximum atomic E-state index is 12.4. The van der Waals surface area contributed by atoms with E-state index in [1.807, 2.05) is 10.8 Å². The van der Waals surface area contributed by atoms with Crippen molar-refractivity contribution in [3.05, 3.63) is 18.5 Å². The highest BCUT2D eigenvalue weighted by Gasteiger charge is 2.33. The van der Waals surface area contributed by atoms with Gasteiger partial charge in [0.2, 0.25) is 0 Å². The Balaban J connectivity index is 1.61. The summed E-state index contributed by atoms with van der Waals surface area (Å²) in [5.74, 6) is 0.244. The molecule has 0 bridgehead atoms. The number of carbonyl (C=O) groups is 1. The van der Waals surface area contributed by atoms with Gasteiger partial charge < -0.3 is 19.9 Å². The van der Waals surface area contributed by atoms with Gasteiger partial charge in [-0.05, 0) is 31.5 Å². The zero-order valence-corrected chi connectivity index (χ0v) is 20.3. The second-order valence-corrected chi connectivity index (χ2v) is 16.9. The van der Waals surface area contributed by atoms with Crippen LogP contribution in [0.25, 0.3) is 11.2 Å². The highest BCUT2D eigenvalue weighted by Crippen LogP contribution is 2.16. The summed E-state index contributed by atoms with van der Waals surface area (Å²) in [5.41, 5.74) is 1.27. The molecule has 0 saturated carbocycles. The molecule has 172 valence electrons. The van der Waals surface area contributed by atoms with E-state index in [9.17, 15) is 13.2 Å². The van der Waals surface area contributed by atoms with Crippen molar-refractivity contribution in [3.8, 4) is 0 Å². The van der Waals surface area contributed by atoms with Crippen molar-refractivity contribution < 1.29 is 17.9 Å². The Bertz CT molecular complexity index is 1010. The Kier molecular flexibility index (Phi) is 7.34. The molecule has 1 fully saturated rings. The van der Waals surface area contributed by atoms with Gasteiger partial charge in [-0.25, -0.2) is 23.2 Å². The third-order valence-electron chi connectivity index (χ3n) is 5.13. The number of ether oxygens (including phenoxy) is 1. The first kappa shape index (κ1) is 23.6. The van der Waals surface area contributed by atoms with E-state index in [-0.39, 0.29) is 11.9 Å². The van der Waals surface area contributed by atoms with E-state index in [0.717, 1.165) is 25.3 Å². The zero-order chi connectivity index (χ0) is 22.6. The van der Waals surface area contributed by atoms with Gasteiger partial charge in [-0.2, -0.15) is 0 Å². The molecule has 2 unspecified atom stereocenters. The number of hydrogen-bond acceptors (Lipinski definition) is 7. The molecule has 2 atom stereocenters. The maximum absolute atomic E-state index is 12.4. The summed E-state index contributed by atoms with van der Waals surface area (Å²) in [6.07, 6.45) is 5.98. The number of rotatable bonds is 9. The van der Waals surface area contributed by atoms with E-state index >= 15 is 0 Å². The van der Waals surface area contributed by atoms with E-state index in [1.165, 1.54) is 6.20 Å². The third-order valence-corrected chi connectivity index (χ3v) is 8.20. The molecule has 10 nitrogen and oxygen atoms in total. The van der Waals surface area contributed by atoms with Gasteiger partial charge in [0.05, 0.1) is 6.20 Å². The molecule has 0 aliphatic carbocycles. The monoisotopic (exact) mass is 468 g/mol. The summed E-state index contributed by atoms with van der Waals surface area (Å²) in [6.45, 7) is 8.75. The Hall–Kier alpha value is -2.02. The van der Waals surface area contributed by atoms with Gasteiger partial charge in [0.1, 0.15) is 17.6 Å². The van der Waals surface area contributed by atoms with Gasteiger partial charge in [0.15, 0.2) is 21.3 Å². The summed E-state index contributed by atoms with van der Waals surface area (Å²) in [6, 6.07) is 1.96. The lowest BCUT2D eigenvalue weighted by Crippen LogP contribution is -2.52. The first-order valence-electron chi connectivity index (χ1n) is 10.4. The quantitative estimate of drug-likeness (QED) is 0.379. The fourth-order valence-corrected chi connectivity index (χ4v) is 5.33. The molecule has 3 rings (SSSR count). The summed E-state index contributed by atoms with van der Waals surface area (Å²) in [7, 11) is -4.61. The van der Waals surface area contributed by atoms with Crippen LogP contribution in [0.5, 0.6) is 0 Å². The van der Waals surface area contributed by atoms with Crippen LogP contribution < -0.4 is 16.0 Å². The Morgan fingerprint density at radius 2 is 2.19 bits per heavy atom. The van der Waals surface area contributed by atoms with Gasteiger partial charge in [0, 0.05) is 33.2 Å². The molecule has 1 aliphatic rings. The minimum absolute atomic E-state index is 0.244. The number of anilines is 1. The average Bonchev–Trinajstić information content (AvgIpc) is 3.31. The molecule has 2 amide bonds. The van der Waals surface area contributed by atoms with E-state index in [2.05, 4.69) is 45.6 Å². The van der Waals surface area contributed by atoms with Gasteiger partial charge in [-0.3, -0.25) is 5.32 Å². The van der Waals surface area contributed by atoms with E-state index in [4.69, 9.17) is 4.74 Å². The molecule has 2 aromatic heterocycles. The van der Waals surface area contributed by atoms with Crippen LogP contribution in [0.3, 0.4) is 0 Å². The van der Waals surface area contributed by atoms with E-state index in [0.29, 0.717) is 30.9 Å². The molecular formula is C19H32N6O4SSi. The summed E-state index contributed by atoms with van der Waals surface area (Å²) >= 11 is 0. The molecule has 1 aliphatic heterocycles. The fraction of sp³-hybridized carbons (Fsp3) is 0.632. The highest BCUT2D eigenvalue weighted by atomic mass is 32.2. The fourth-order valence-electron chi connectivity index (χ4n) is 3.42. The number of amides is 2. The summed E-state index contributed by atoms with van der Waals surface area (Å²) in [5, 5.41) is 7.27. The molecule has 31 heavy (non-hydrogen) atoms. The topological polar surface area (TPSA) is 127 Å². The zero-order valence-electron chi connectivity index (χ0n) is 18.5. The maximum Gasteiger partial charge on any atom is 0.321 e. The molecule has 1 saturated heterocycles. The molecule has 3 heterocycles. The predicted molar refractivity (Wildman–Crippen MR) is 123 cm³/mol. The van der Waals surface area contributed by atoms with Crippen LogP contribution in [0.15, 0.2) is 18.5 Å². The summed E-state index contributed by atoms with van der Waals surface area (Å²) in [4.78, 5) is 21.2. The lowest BCUT2D eigenvalue weighted by Gasteiger charge is -2.23. The molecular weight excluding hydrogens is 436 g/mol. The smallest absolute Gasteiger partial charge is 0.321 e. The van der Waals surface area contributed by atoms with Crippen molar-refractivity contribution in [1.29, 1.82) is 0 Å². The summed E-state index contributed by atoms with van der Waals surface area (Å²) < 4.78 is 31.9. The first-order valence-corrected chi connectivity index (χ1v) is 16.1. The van der Waals surface area contributed by atoms with Crippen molar-refractivity contribution in [2.24, 2.45) is 0 Å². The Morgan fingerprint density at radius 1 is 1.42 bits per heavy atom. The van der Waals surface area contributed by atoms with E-state index < -0.39 is 29.3 Å². The predicted octanol–water partition coefficient (Wildman–Crippen LogP) is 1.99. The van der Waals surface area contributed by atoms with Gasteiger partial charge in [0.25, 0.3) is 0 Å². The largest absolute Gasteiger partial charge is 0.361 e. The number of aromatic nitrogens is 3. The van der Waals surface area contributed by atoms with Crippen LogP contribution >= 0.6 is 0 Å².